The van der Waals surface area contributed by atoms with E-state index in [0.717, 1.165) is 25.7 Å². The minimum atomic E-state index is -0.115. The molecule has 0 atom stereocenters. The second-order valence-corrected chi connectivity index (χ2v) is 6.83. The van der Waals surface area contributed by atoms with Gasteiger partial charge in [-0.2, -0.15) is 0 Å². The van der Waals surface area contributed by atoms with Gasteiger partial charge in [0.15, 0.2) is 0 Å². The quantitative estimate of drug-likeness (QED) is 0.899. The molecule has 0 bridgehead atoms. The summed E-state index contributed by atoms with van der Waals surface area (Å²) in [6.45, 7) is 0. The molecule has 6 heteroatoms. The van der Waals surface area contributed by atoms with Crippen molar-refractivity contribution in [2.45, 2.75) is 37.8 Å². The lowest BCUT2D eigenvalue weighted by atomic mass is 9.91. The van der Waals surface area contributed by atoms with E-state index in [9.17, 15) is 4.79 Å². The third-order valence-electron chi connectivity index (χ3n) is 3.37. The first-order chi connectivity index (χ1) is 8.60. The van der Waals surface area contributed by atoms with Gasteiger partial charge in [-0.05, 0) is 38.8 Å². The highest BCUT2D eigenvalue weighted by molar-refractivity contribution is 7.20. The molecule has 1 aromatic heterocycles. The maximum atomic E-state index is 12.0. The van der Waals surface area contributed by atoms with E-state index in [4.69, 9.17) is 23.2 Å². The molecule has 0 aromatic carbocycles. The third-order valence-corrected chi connectivity index (χ3v) is 4.86. The van der Waals surface area contributed by atoms with Crippen molar-refractivity contribution in [2.75, 3.05) is 7.05 Å². The standard InChI is InChI=1S/C12H16Cl2N2OS/c1-15-7-2-4-8(5-3-7)16-12(17)9-6-10(13)18-11(9)14/h6-8,15H,2-5H2,1H3,(H,16,17). The lowest BCUT2D eigenvalue weighted by Gasteiger charge is -2.28. The SMILES string of the molecule is CNC1CCC(NC(=O)c2cc(Cl)sc2Cl)CC1. The molecule has 0 radical (unpaired) electrons. The summed E-state index contributed by atoms with van der Waals surface area (Å²) in [4.78, 5) is 12.0. The molecule has 2 rings (SSSR count). The number of thiophene rings is 1. The van der Waals surface area contributed by atoms with E-state index >= 15 is 0 Å². The molecule has 1 amide bonds. The zero-order valence-corrected chi connectivity index (χ0v) is 12.5. The van der Waals surface area contributed by atoms with Gasteiger partial charge in [-0.15, -0.1) is 11.3 Å². The van der Waals surface area contributed by atoms with E-state index in [2.05, 4.69) is 10.6 Å². The summed E-state index contributed by atoms with van der Waals surface area (Å²) in [6.07, 6.45) is 4.21. The highest BCUT2D eigenvalue weighted by Crippen LogP contribution is 2.31. The second-order valence-electron chi connectivity index (χ2n) is 4.55. The normalized spacial score (nSPS) is 23.9. The van der Waals surface area contributed by atoms with Gasteiger partial charge in [0.2, 0.25) is 0 Å². The van der Waals surface area contributed by atoms with Crippen molar-refractivity contribution in [3.63, 3.8) is 0 Å². The summed E-state index contributed by atoms with van der Waals surface area (Å²) < 4.78 is 1.01. The summed E-state index contributed by atoms with van der Waals surface area (Å²) in [7, 11) is 1.98. The Morgan fingerprint density at radius 3 is 2.39 bits per heavy atom. The highest BCUT2D eigenvalue weighted by Gasteiger charge is 2.23. The molecule has 0 aliphatic heterocycles. The van der Waals surface area contributed by atoms with Gasteiger partial charge in [0.25, 0.3) is 5.91 Å². The summed E-state index contributed by atoms with van der Waals surface area (Å²) in [6, 6.07) is 2.46. The number of halogens is 2. The van der Waals surface area contributed by atoms with E-state index < -0.39 is 0 Å². The van der Waals surface area contributed by atoms with Crippen LogP contribution in [0.2, 0.25) is 8.67 Å². The molecule has 1 aliphatic rings. The van der Waals surface area contributed by atoms with Gasteiger partial charge in [-0.25, -0.2) is 0 Å². The third kappa shape index (κ3) is 3.38. The van der Waals surface area contributed by atoms with E-state index in [1.165, 1.54) is 11.3 Å². The number of hydrogen-bond donors (Lipinski definition) is 2. The van der Waals surface area contributed by atoms with Crippen LogP contribution in [0.4, 0.5) is 0 Å². The van der Waals surface area contributed by atoms with Gasteiger partial charge in [-0.1, -0.05) is 23.2 Å². The molecule has 0 saturated heterocycles. The van der Waals surface area contributed by atoms with Crippen molar-refractivity contribution in [3.8, 4) is 0 Å². The second kappa shape index (κ2) is 6.24. The van der Waals surface area contributed by atoms with Crippen molar-refractivity contribution in [1.29, 1.82) is 0 Å². The maximum absolute atomic E-state index is 12.0. The maximum Gasteiger partial charge on any atom is 0.253 e. The first-order valence-electron chi connectivity index (χ1n) is 6.03. The molecule has 3 nitrogen and oxygen atoms in total. The lowest BCUT2D eigenvalue weighted by molar-refractivity contribution is 0.0925. The largest absolute Gasteiger partial charge is 0.349 e. The van der Waals surface area contributed by atoms with Crippen LogP contribution in [-0.4, -0.2) is 25.0 Å². The number of amides is 1. The minimum Gasteiger partial charge on any atom is -0.349 e. The first kappa shape index (κ1) is 14.1. The summed E-state index contributed by atoms with van der Waals surface area (Å²) in [5, 5.41) is 6.30. The molecule has 1 aliphatic carbocycles. The van der Waals surface area contributed by atoms with Gasteiger partial charge in [0.1, 0.15) is 4.34 Å². The number of carbonyl (C=O) groups excluding carboxylic acids is 1. The van der Waals surface area contributed by atoms with Crippen LogP contribution in [0.1, 0.15) is 36.0 Å². The fourth-order valence-electron chi connectivity index (χ4n) is 2.28. The zero-order valence-electron chi connectivity index (χ0n) is 10.1. The Morgan fingerprint density at radius 1 is 1.28 bits per heavy atom. The van der Waals surface area contributed by atoms with E-state index in [0.29, 0.717) is 20.3 Å². The number of hydrogen-bond acceptors (Lipinski definition) is 3. The van der Waals surface area contributed by atoms with Crippen LogP contribution in [0.3, 0.4) is 0 Å². The number of carbonyl (C=O) groups is 1. The lowest BCUT2D eigenvalue weighted by Crippen LogP contribution is -2.41. The van der Waals surface area contributed by atoms with Gasteiger partial charge in [0.05, 0.1) is 9.90 Å². The molecule has 100 valence electrons. The average Bonchev–Trinajstić information content (AvgIpc) is 2.69. The molecule has 1 fully saturated rings. The van der Waals surface area contributed by atoms with Crippen molar-refractivity contribution < 1.29 is 4.79 Å². The topological polar surface area (TPSA) is 41.1 Å². The van der Waals surface area contributed by atoms with Crippen LogP contribution in [0.15, 0.2) is 6.07 Å². The Kier molecular flexibility index (Phi) is 4.90. The average molecular weight is 307 g/mol. The fourth-order valence-corrected chi connectivity index (χ4v) is 3.74. The monoisotopic (exact) mass is 306 g/mol. The van der Waals surface area contributed by atoms with Gasteiger partial charge in [-0.3, -0.25) is 4.79 Å². The summed E-state index contributed by atoms with van der Waals surface area (Å²) >= 11 is 13.0. The van der Waals surface area contributed by atoms with E-state index in [1.807, 2.05) is 7.05 Å². The van der Waals surface area contributed by atoms with Crippen molar-refractivity contribution in [3.05, 3.63) is 20.3 Å². The molecular weight excluding hydrogens is 291 g/mol. The first-order valence-corrected chi connectivity index (χ1v) is 7.60. The van der Waals surface area contributed by atoms with Crippen LogP contribution in [0, 0.1) is 0 Å². The number of nitrogens with one attached hydrogen (secondary N) is 2. The minimum absolute atomic E-state index is 0.115. The fraction of sp³-hybridized carbons (Fsp3) is 0.583. The summed E-state index contributed by atoms with van der Waals surface area (Å²) in [5.74, 6) is -0.115. The van der Waals surface area contributed by atoms with Gasteiger partial charge < -0.3 is 10.6 Å². The van der Waals surface area contributed by atoms with E-state index in [-0.39, 0.29) is 11.9 Å². The van der Waals surface area contributed by atoms with Crippen LogP contribution in [0.5, 0.6) is 0 Å². The van der Waals surface area contributed by atoms with Gasteiger partial charge in [0, 0.05) is 12.1 Å². The van der Waals surface area contributed by atoms with Crippen molar-refractivity contribution in [1.82, 2.24) is 10.6 Å². The Bertz CT molecular complexity index is 428. The Hall–Kier alpha value is -0.290. The molecule has 18 heavy (non-hydrogen) atoms. The molecule has 2 N–H and O–H groups in total. The Balaban J connectivity index is 1.90. The Morgan fingerprint density at radius 2 is 1.89 bits per heavy atom. The van der Waals surface area contributed by atoms with Gasteiger partial charge >= 0.3 is 0 Å². The predicted molar refractivity (Wildman–Crippen MR) is 76.9 cm³/mol. The van der Waals surface area contributed by atoms with Crippen molar-refractivity contribution in [2.24, 2.45) is 0 Å². The molecule has 0 unspecified atom stereocenters. The molecule has 1 aromatic rings. The van der Waals surface area contributed by atoms with Crippen LogP contribution >= 0.6 is 34.5 Å². The zero-order chi connectivity index (χ0) is 13.1. The summed E-state index contributed by atoms with van der Waals surface area (Å²) in [5.41, 5.74) is 0.488. The predicted octanol–water partition coefficient (Wildman–Crippen LogP) is 3.32. The molecule has 0 spiro atoms. The smallest absolute Gasteiger partial charge is 0.253 e. The molecule has 1 heterocycles. The molecular formula is C12H16Cl2N2OS. The van der Waals surface area contributed by atoms with Crippen LogP contribution in [-0.2, 0) is 0 Å². The molecule has 1 saturated carbocycles. The van der Waals surface area contributed by atoms with Crippen LogP contribution < -0.4 is 10.6 Å². The van der Waals surface area contributed by atoms with E-state index in [1.54, 1.807) is 6.07 Å². The highest BCUT2D eigenvalue weighted by atomic mass is 35.5. The Labute approximate surface area is 121 Å². The van der Waals surface area contributed by atoms with Crippen molar-refractivity contribution >= 4 is 40.4 Å². The van der Waals surface area contributed by atoms with Crippen LogP contribution in [0.25, 0.3) is 0 Å². The number of rotatable bonds is 3.